The summed E-state index contributed by atoms with van der Waals surface area (Å²) in [7, 11) is -3.97. The summed E-state index contributed by atoms with van der Waals surface area (Å²) in [5, 5.41) is 0.771. The molecule has 0 saturated carbocycles. The number of fused-ring (bicyclic) bond motifs is 1. The van der Waals surface area contributed by atoms with Crippen LogP contribution in [-0.4, -0.2) is 20.4 Å². The molecule has 1 N–H and O–H groups in total. The molecule has 9 heteroatoms. The van der Waals surface area contributed by atoms with Crippen molar-refractivity contribution in [3.8, 4) is 5.75 Å². The first-order valence-electron chi connectivity index (χ1n) is 12.1. The van der Waals surface area contributed by atoms with Gasteiger partial charge in [0, 0.05) is 22.9 Å². The molecule has 4 aromatic rings. The third-order valence-corrected chi connectivity index (χ3v) is 8.23. The van der Waals surface area contributed by atoms with Crippen molar-refractivity contribution >= 4 is 38.6 Å². The fourth-order valence-electron chi connectivity index (χ4n) is 4.19. The van der Waals surface area contributed by atoms with Crippen LogP contribution in [0.5, 0.6) is 5.75 Å². The predicted octanol–water partition coefficient (Wildman–Crippen LogP) is 5.62. The molecule has 7 nitrogen and oxygen atoms in total. The lowest BCUT2D eigenvalue weighted by Crippen LogP contribution is -2.42. The number of hydrogen-bond donors (Lipinski definition) is 1. The van der Waals surface area contributed by atoms with Crippen LogP contribution in [0.15, 0.2) is 74.8 Å². The molecule has 38 heavy (non-hydrogen) atoms. The smallest absolute Gasteiger partial charge is 0.340 e. The molecule has 1 atom stereocenters. The second-order valence-corrected chi connectivity index (χ2v) is 11.3. The van der Waals surface area contributed by atoms with Crippen LogP contribution >= 0.6 is 11.6 Å². The summed E-state index contributed by atoms with van der Waals surface area (Å²) >= 11 is 6.53. The highest BCUT2D eigenvalue weighted by Gasteiger charge is 2.28. The minimum absolute atomic E-state index is 0.00973. The molecule has 198 valence electrons. The Bertz CT molecular complexity index is 1660. The lowest BCUT2D eigenvalue weighted by molar-refractivity contribution is -0.136. The van der Waals surface area contributed by atoms with Gasteiger partial charge in [-0.15, -0.1) is 0 Å². The zero-order valence-electron chi connectivity index (χ0n) is 21.5. The Morgan fingerprint density at radius 1 is 1.03 bits per heavy atom. The van der Waals surface area contributed by atoms with Gasteiger partial charge in [0.1, 0.15) is 11.6 Å². The largest absolute Gasteiger partial charge is 0.423 e. The van der Waals surface area contributed by atoms with Crippen LogP contribution in [0.25, 0.3) is 11.0 Å². The maximum absolute atomic E-state index is 13.0. The molecule has 0 radical (unpaired) electrons. The summed E-state index contributed by atoms with van der Waals surface area (Å²) in [6, 6.07) is 16.3. The van der Waals surface area contributed by atoms with Gasteiger partial charge < -0.3 is 9.15 Å². The van der Waals surface area contributed by atoms with Crippen LogP contribution in [0.4, 0.5) is 0 Å². The van der Waals surface area contributed by atoms with Crippen LogP contribution in [0.1, 0.15) is 41.2 Å². The van der Waals surface area contributed by atoms with E-state index in [0.717, 1.165) is 16.7 Å². The SMILES string of the molecule is CC[C@@H](NS(=O)(=O)c1ccc(C)cc1)C(=O)Oc1c(Cl)cc2c(C)c(Cc3ccccc3)c(=O)oc2c1C. The highest BCUT2D eigenvalue weighted by Crippen LogP contribution is 2.37. The molecule has 4 rings (SSSR count). The first-order valence-corrected chi connectivity index (χ1v) is 14.0. The Morgan fingerprint density at radius 3 is 2.32 bits per heavy atom. The molecule has 1 aromatic heterocycles. The molecule has 0 saturated heterocycles. The minimum Gasteiger partial charge on any atom is -0.423 e. The van der Waals surface area contributed by atoms with Gasteiger partial charge in [-0.05, 0) is 56.5 Å². The van der Waals surface area contributed by atoms with E-state index in [1.807, 2.05) is 44.2 Å². The predicted molar refractivity (Wildman–Crippen MR) is 147 cm³/mol. The highest BCUT2D eigenvalue weighted by molar-refractivity contribution is 7.89. The molecule has 0 unspecified atom stereocenters. The van der Waals surface area contributed by atoms with Crippen molar-refractivity contribution in [3.63, 3.8) is 0 Å². The van der Waals surface area contributed by atoms with Crippen molar-refractivity contribution in [1.29, 1.82) is 0 Å². The summed E-state index contributed by atoms with van der Waals surface area (Å²) in [6.45, 7) is 6.97. The molecule has 0 aliphatic rings. The highest BCUT2D eigenvalue weighted by atomic mass is 35.5. The Labute approximate surface area is 226 Å². The van der Waals surface area contributed by atoms with Crippen LogP contribution in [-0.2, 0) is 21.2 Å². The molecular formula is C29H28ClNO6S. The van der Waals surface area contributed by atoms with E-state index < -0.39 is 27.7 Å². The average molecular weight is 554 g/mol. The van der Waals surface area contributed by atoms with E-state index in [0.29, 0.717) is 22.9 Å². The van der Waals surface area contributed by atoms with Crippen LogP contribution in [0, 0.1) is 20.8 Å². The second kappa shape index (κ2) is 11.1. The van der Waals surface area contributed by atoms with E-state index in [1.165, 1.54) is 12.1 Å². The van der Waals surface area contributed by atoms with Gasteiger partial charge in [-0.3, -0.25) is 0 Å². The molecule has 0 bridgehead atoms. The van der Waals surface area contributed by atoms with E-state index in [9.17, 15) is 18.0 Å². The molecule has 0 amide bonds. The number of sulfonamides is 1. The lowest BCUT2D eigenvalue weighted by Gasteiger charge is -2.18. The average Bonchev–Trinajstić information content (AvgIpc) is 2.89. The number of rotatable bonds is 8. The number of carbonyl (C=O) groups excluding carboxylic acids is 1. The Balaban J connectivity index is 1.64. The van der Waals surface area contributed by atoms with Gasteiger partial charge >= 0.3 is 11.6 Å². The van der Waals surface area contributed by atoms with E-state index in [-0.39, 0.29) is 27.7 Å². The number of esters is 1. The monoisotopic (exact) mass is 553 g/mol. The van der Waals surface area contributed by atoms with Crippen molar-refractivity contribution in [2.75, 3.05) is 0 Å². The van der Waals surface area contributed by atoms with Crippen LogP contribution in [0.3, 0.4) is 0 Å². The Kier molecular flexibility index (Phi) is 8.06. The summed E-state index contributed by atoms with van der Waals surface area (Å²) in [5.74, 6) is -0.817. The van der Waals surface area contributed by atoms with Gasteiger partial charge in [-0.25, -0.2) is 18.0 Å². The van der Waals surface area contributed by atoms with Crippen LogP contribution in [0.2, 0.25) is 5.02 Å². The maximum Gasteiger partial charge on any atom is 0.340 e. The van der Waals surface area contributed by atoms with Crippen molar-refractivity contribution in [3.05, 3.63) is 104 Å². The number of hydrogen-bond acceptors (Lipinski definition) is 6. The van der Waals surface area contributed by atoms with Gasteiger partial charge in [0.15, 0.2) is 5.75 Å². The zero-order chi connectivity index (χ0) is 27.6. The standard InChI is InChI=1S/C29H28ClNO6S/c1-5-25(31-38(34,35)21-13-11-17(2)12-14-21)29(33)37-27-19(4)26-22(16-24(27)30)18(3)23(28(32)36-26)15-20-9-7-6-8-10-20/h6-14,16,25,31H,5,15H2,1-4H3/t25-/m1/s1. The van der Waals surface area contributed by atoms with Crippen molar-refractivity contribution in [1.82, 2.24) is 4.72 Å². The van der Waals surface area contributed by atoms with Gasteiger partial charge in [-0.2, -0.15) is 4.72 Å². The molecule has 1 heterocycles. The number of carbonyl (C=O) groups is 1. The fraction of sp³-hybridized carbons (Fsp3) is 0.241. The summed E-state index contributed by atoms with van der Waals surface area (Å²) < 4.78 is 39.3. The van der Waals surface area contributed by atoms with Crippen molar-refractivity contribution in [2.45, 2.75) is 51.5 Å². The topological polar surface area (TPSA) is 103 Å². The number of ether oxygens (including phenoxy) is 1. The van der Waals surface area contributed by atoms with E-state index in [4.69, 9.17) is 20.8 Å². The van der Waals surface area contributed by atoms with Crippen LogP contribution < -0.4 is 15.1 Å². The Morgan fingerprint density at radius 2 is 1.68 bits per heavy atom. The summed E-state index contributed by atoms with van der Waals surface area (Å²) in [4.78, 5) is 26.0. The number of aryl methyl sites for hydroxylation is 3. The van der Waals surface area contributed by atoms with E-state index in [2.05, 4.69) is 4.72 Å². The molecule has 0 aliphatic heterocycles. The van der Waals surface area contributed by atoms with Crippen molar-refractivity contribution < 1.29 is 22.4 Å². The minimum atomic E-state index is -3.97. The second-order valence-electron chi connectivity index (χ2n) is 9.16. The quantitative estimate of drug-likeness (QED) is 0.172. The van der Waals surface area contributed by atoms with Crippen molar-refractivity contribution in [2.24, 2.45) is 0 Å². The number of benzene rings is 3. The van der Waals surface area contributed by atoms with Gasteiger partial charge in [0.25, 0.3) is 0 Å². The summed E-state index contributed by atoms with van der Waals surface area (Å²) in [5.41, 5.74) is 3.24. The lowest BCUT2D eigenvalue weighted by atomic mass is 9.98. The molecular weight excluding hydrogens is 526 g/mol. The molecule has 0 fully saturated rings. The molecule has 0 aliphatic carbocycles. The third-order valence-electron chi connectivity index (χ3n) is 6.46. The normalized spacial score (nSPS) is 12.4. The van der Waals surface area contributed by atoms with Gasteiger partial charge in [0.05, 0.1) is 9.92 Å². The van der Waals surface area contributed by atoms with E-state index in [1.54, 1.807) is 32.0 Å². The number of halogens is 1. The molecule has 0 spiro atoms. The first kappa shape index (κ1) is 27.6. The third kappa shape index (κ3) is 5.67. The van der Waals surface area contributed by atoms with E-state index >= 15 is 0 Å². The Hall–Kier alpha value is -3.46. The first-order chi connectivity index (χ1) is 18.0. The fourth-order valence-corrected chi connectivity index (χ4v) is 5.75. The molecule has 3 aromatic carbocycles. The summed E-state index contributed by atoms with van der Waals surface area (Å²) in [6.07, 6.45) is 0.545. The number of nitrogens with one attached hydrogen (secondary N) is 1. The van der Waals surface area contributed by atoms with Gasteiger partial charge in [-0.1, -0.05) is 66.6 Å². The van der Waals surface area contributed by atoms with Gasteiger partial charge in [0.2, 0.25) is 10.0 Å². The maximum atomic E-state index is 13.0. The zero-order valence-corrected chi connectivity index (χ0v) is 23.1.